The molecule has 0 fully saturated rings. The number of fused-ring (bicyclic) bond motifs is 1. The van der Waals surface area contributed by atoms with Gasteiger partial charge in [0.25, 0.3) is 0 Å². The zero-order valence-corrected chi connectivity index (χ0v) is 9.09. The van der Waals surface area contributed by atoms with Gasteiger partial charge in [-0.05, 0) is 5.56 Å². The summed E-state index contributed by atoms with van der Waals surface area (Å²) in [6.45, 7) is 0. The minimum Gasteiger partial charge on any atom is -0.383 e. The van der Waals surface area contributed by atoms with Gasteiger partial charge in [-0.3, -0.25) is 5.10 Å². The molecular weight excluding hydrogens is 214 g/mol. The van der Waals surface area contributed by atoms with Crippen LogP contribution in [0.15, 0.2) is 36.7 Å². The van der Waals surface area contributed by atoms with Gasteiger partial charge in [-0.2, -0.15) is 5.10 Å². The van der Waals surface area contributed by atoms with E-state index in [1.165, 1.54) is 11.9 Å². The van der Waals surface area contributed by atoms with Crippen molar-refractivity contribution in [3.05, 3.63) is 47.9 Å². The number of rotatable bonds is 2. The number of nitrogens with zero attached hydrogens (tertiary/aromatic N) is 3. The molecule has 0 amide bonds. The molecule has 0 aliphatic carbocycles. The zero-order valence-electron chi connectivity index (χ0n) is 9.09. The average molecular weight is 225 g/mol. The Labute approximate surface area is 97.7 Å². The number of nitrogens with one attached hydrogen (secondary N) is 1. The van der Waals surface area contributed by atoms with E-state index in [1.54, 1.807) is 0 Å². The molecule has 0 saturated carbocycles. The van der Waals surface area contributed by atoms with Gasteiger partial charge in [0.1, 0.15) is 12.1 Å². The monoisotopic (exact) mass is 225 g/mol. The van der Waals surface area contributed by atoms with Crippen molar-refractivity contribution in [2.75, 3.05) is 5.73 Å². The zero-order chi connectivity index (χ0) is 11.7. The first kappa shape index (κ1) is 9.77. The lowest BCUT2D eigenvalue weighted by molar-refractivity contribution is 1.00. The van der Waals surface area contributed by atoms with Gasteiger partial charge in [0, 0.05) is 6.42 Å². The van der Waals surface area contributed by atoms with Crippen LogP contribution >= 0.6 is 0 Å². The summed E-state index contributed by atoms with van der Waals surface area (Å²) in [6, 6.07) is 10.1. The molecule has 1 aromatic carbocycles. The molecule has 17 heavy (non-hydrogen) atoms. The Morgan fingerprint density at radius 1 is 1.12 bits per heavy atom. The van der Waals surface area contributed by atoms with Gasteiger partial charge in [0.2, 0.25) is 0 Å². The molecule has 5 nitrogen and oxygen atoms in total. The van der Waals surface area contributed by atoms with Crippen molar-refractivity contribution in [2.24, 2.45) is 0 Å². The van der Waals surface area contributed by atoms with E-state index in [-0.39, 0.29) is 0 Å². The van der Waals surface area contributed by atoms with Gasteiger partial charge in [-0.25, -0.2) is 9.97 Å². The minimum absolute atomic E-state index is 0.467. The van der Waals surface area contributed by atoms with Gasteiger partial charge in [0.15, 0.2) is 5.65 Å². The fourth-order valence-corrected chi connectivity index (χ4v) is 1.86. The highest BCUT2D eigenvalue weighted by atomic mass is 15.2. The third kappa shape index (κ3) is 1.71. The van der Waals surface area contributed by atoms with Gasteiger partial charge in [-0.15, -0.1) is 0 Å². The first-order valence-corrected chi connectivity index (χ1v) is 5.32. The number of H-pyrrole nitrogens is 1. The third-order valence-corrected chi connectivity index (χ3v) is 2.68. The summed E-state index contributed by atoms with van der Waals surface area (Å²) in [4.78, 5) is 8.08. The molecule has 84 valence electrons. The Balaban J connectivity index is 2.07. The summed E-state index contributed by atoms with van der Waals surface area (Å²) in [6.07, 6.45) is 2.15. The van der Waals surface area contributed by atoms with Gasteiger partial charge in [0.05, 0.1) is 11.1 Å². The molecule has 5 heteroatoms. The molecule has 2 aromatic heterocycles. The summed E-state index contributed by atoms with van der Waals surface area (Å²) < 4.78 is 0. The molecule has 0 radical (unpaired) electrons. The Hall–Kier alpha value is -2.43. The van der Waals surface area contributed by atoms with Crippen molar-refractivity contribution in [1.29, 1.82) is 0 Å². The number of nitrogen functional groups attached to an aromatic ring is 1. The highest BCUT2D eigenvalue weighted by Gasteiger charge is 2.10. The summed E-state index contributed by atoms with van der Waals surface area (Å²) in [7, 11) is 0. The first-order valence-electron chi connectivity index (χ1n) is 5.32. The van der Waals surface area contributed by atoms with E-state index < -0.39 is 0 Å². The number of anilines is 1. The molecule has 0 aliphatic heterocycles. The standard InChI is InChI=1S/C12H11N5/c13-11-10-9(6-8-4-2-1-3-5-8)16-17-12(10)15-7-14-11/h1-5,7H,6H2,(H3,13,14,15,16,17). The van der Waals surface area contributed by atoms with Crippen molar-refractivity contribution in [3.8, 4) is 0 Å². The second-order valence-corrected chi connectivity index (χ2v) is 3.82. The van der Waals surface area contributed by atoms with Crippen LogP contribution in [0, 0.1) is 0 Å². The maximum atomic E-state index is 5.84. The van der Waals surface area contributed by atoms with E-state index in [4.69, 9.17) is 5.73 Å². The van der Waals surface area contributed by atoms with E-state index in [1.807, 2.05) is 18.2 Å². The predicted molar refractivity (Wildman–Crippen MR) is 65.3 cm³/mol. The number of aromatic amines is 1. The second kappa shape index (κ2) is 3.86. The third-order valence-electron chi connectivity index (χ3n) is 2.68. The van der Waals surface area contributed by atoms with Crippen LogP contribution in [0.1, 0.15) is 11.3 Å². The van der Waals surface area contributed by atoms with Crippen LogP contribution in [0.3, 0.4) is 0 Å². The van der Waals surface area contributed by atoms with Crippen LogP contribution in [-0.2, 0) is 6.42 Å². The number of nitrogens with two attached hydrogens (primary N) is 1. The van der Waals surface area contributed by atoms with Crippen molar-refractivity contribution in [2.45, 2.75) is 6.42 Å². The topological polar surface area (TPSA) is 80.5 Å². The van der Waals surface area contributed by atoms with Crippen molar-refractivity contribution in [3.63, 3.8) is 0 Å². The van der Waals surface area contributed by atoms with E-state index in [0.29, 0.717) is 11.5 Å². The lowest BCUT2D eigenvalue weighted by Gasteiger charge is -1.99. The molecule has 0 unspecified atom stereocenters. The molecule has 2 heterocycles. The lowest BCUT2D eigenvalue weighted by atomic mass is 10.1. The number of hydrogen-bond acceptors (Lipinski definition) is 4. The summed E-state index contributed by atoms with van der Waals surface area (Å²) >= 11 is 0. The highest BCUT2D eigenvalue weighted by Crippen LogP contribution is 2.20. The normalized spacial score (nSPS) is 10.8. The van der Waals surface area contributed by atoms with Crippen LogP contribution in [0.2, 0.25) is 0 Å². The van der Waals surface area contributed by atoms with Gasteiger partial charge < -0.3 is 5.73 Å². The van der Waals surface area contributed by atoms with Crippen molar-refractivity contribution < 1.29 is 0 Å². The molecule has 3 rings (SSSR count). The number of benzene rings is 1. The fraction of sp³-hybridized carbons (Fsp3) is 0.0833. The van der Waals surface area contributed by atoms with Gasteiger partial charge >= 0.3 is 0 Å². The average Bonchev–Trinajstić information content (AvgIpc) is 2.75. The second-order valence-electron chi connectivity index (χ2n) is 3.82. The smallest absolute Gasteiger partial charge is 0.160 e. The van der Waals surface area contributed by atoms with Crippen LogP contribution in [-0.4, -0.2) is 20.2 Å². The lowest BCUT2D eigenvalue weighted by Crippen LogP contribution is -1.95. The SMILES string of the molecule is Nc1ncnc2[nH]nc(Cc3ccccc3)c12. The Bertz CT molecular complexity index is 644. The molecule has 3 N–H and O–H groups in total. The fourth-order valence-electron chi connectivity index (χ4n) is 1.86. The molecular formula is C12H11N5. The summed E-state index contributed by atoms with van der Waals surface area (Å²) in [5, 5.41) is 7.93. The van der Waals surface area contributed by atoms with Crippen LogP contribution in [0.25, 0.3) is 11.0 Å². The van der Waals surface area contributed by atoms with E-state index in [2.05, 4.69) is 32.3 Å². The maximum Gasteiger partial charge on any atom is 0.160 e. The highest BCUT2D eigenvalue weighted by molar-refractivity contribution is 5.87. The number of aromatic nitrogens is 4. The van der Waals surface area contributed by atoms with Crippen molar-refractivity contribution in [1.82, 2.24) is 20.2 Å². The van der Waals surface area contributed by atoms with Crippen LogP contribution in [0.5, 0.6) is 0 Å². The Morgan fingerprint density at radius 3 is 2.76 bits per heavy atom. The van der Waals surface area contributed by atoms with Crippen molar-refractivity contribution >= 4 is 16.9 Å². The molecule has 0 bridgehead atoms. The van der Waals surface area contributed by atoms with Crippen LogP contribution in [0.4, 0.5) is 5.82 Å². The molecule has 0 saturated heterocycles. The molecule has 0 spiro atoms. The number of hydrogen-bond donors (Lipinski definition) is 2. The van der Waals surface area contributed by atoms with Crippen LogP contribution < -0.4 is 5.73 Å². The molecule has 3 aromatic rings. The van der Waals surface area contributed by atoms with E-state index in [9.17, 15) is 0 Å². The minimum atomic E-state index is 0.467. The van der Waals surface area contributed by atoms with Gasteiger partial charge in [-0.1, -0.05) is 30.3 Å². The summed E-state index contributed by atoms with van der Waals surface area (Å²) in [5.74, 6) is 0.467. The van der Waals surface area contributed by atoms with E-state index >= 15 is 0 Å². The first-order chi connectivity index (χ1) is 8.34. The quantitative estimate of drug-likeness (QED) is 0.693. The Morgan fingerprint density at radius 2 is 1.94 bits per heavy atom. The summed E-state index contributed by atoms with van der Waals surface area (Å²) in [5.41, 5.74) is 8.59. The Kier molecular flexibility index (Phi) is 2.22. The predicted octanol–water partition coefficient (Wildman–Crippen LogP) is 1.53. The largest absolute Gasteiger partial charge is 0.383 e. The molecule has 0 atom stereocenters. The van der Waals surface area contributed by atoms with E-state index in [0.717, 1.165) is 17.5 Å². The maximum absolute atomic E-state index is 5.84. The molecule has 0 aliphatic rings.